The van der Waals surface area contributed by atoms with Crippen molar-refractivity contribution in [1.29, 1.82) is 0 Å². The Balaban J connectivity index is 2.24. The van der Waals surface area contributed by atoms with E-state index >= 15 is 0 Å². The van der Waals surface area contributed by atoms with Crippen LogP contribution in [0.4, 0.5) is 4.39 Å². The summed E-state index contributed by atoms with van der Waals surface area (Å²) in [6, 6.07) is 11.7. The van der Waals surface area contributed by atoms with E-state index in [-0.39, 0.29) is 5.75 Å². The van der Waals surface area contributed by atoms with Crippen molar-refractivity contribution in [3.63, 3.8) is 0 Å². The van der Waals surface area contributed by atoms with Crippen LogP contribution in [0.5, 0.6) is 11.5 Å². The van der Waals surface area contributed by atoms with E-state index in [1.54, 1.807) is 49.4 Å². The summed E-state index contributed by atoms with van der Waals surface area (Å²) >= 11 is 0. The van der Waals surface area contributed by atoms with Crippen LogP contribution in [0.3, 0.4) is 0 Å². The molecule has 0 aliphatic heterocycles. The van der Waals surface area contributed by atoms with Gasteiger partial charge >= 0.3 is 5.97 Å². The van der Waals surface area contributed by atoms with Crippen molar-refractivity contribution in [1.82, 2.24) is 0 Å². The minimum absolute atomic E-state index is 0.143. The first kappa shape index (κ1) is 13.8. The highest BCUT2D eigenvalue weighted by Gasteiger charge is 2.07. The van der Waals surface area contributed by atoms with Gasteiger partial charge in [0.25, 0.3) is 0 Å². The Morgan fingerprint density at radius 1 is 1.25 bits per heavy atom. The van der Waals surface area contributed by atoms with Crippen molar-refractivity contribution < 1.29 is 19.0 Å². The third-order valence-electron chi connectivity index (χ3n) is 2.66. The Labute approximate surface area is 115 Å². The number of aryl methyl sites for hydroxylation is 1. The molecule has 2 aromatic carbocycles. The highest BCUT2D eigenvalue weighted by molar-refractivity contribution is 5.85. The predicted octanol–water partition coefficient (Wildman–Crippen LogP) is 4.02. The number of carbonyl (C=O) groups is 1. The lowest BCUT2D eigenvalue weighted by Gasteiger charge is -2.08. The number of aliphatic carboxylic acids is 1. The fourth-order valence-electron chi connectivity index (χ4n) is 1.68. The lowest BCUT2D eigenvalue weighted by Crippen LogP contribution is -1.91. The molecule has 0 spiro atoms. The third kappa shape index (κ3) is 3.45. The molecule has 0 radical (unpaired) electrons. The van der Waals surface area contributed by atoms with Gasteiger partial charge in [-0.15, -0.1) is 0 Å². The van der Waals surface area contributed by atoms with Gasteiger partial charge in [-0.25, -0.2) is 9.18 Å². The Kier molecular flexibility index (Phi) is 4.15. The molecule has 0 unspecified atom stereocenters. The van der Waals surface area contributed by atoms with Crippen LogP contribution in [0.2, 0.25) is 0 Å². The number of benzene rings is 2. The summed E-state index contributed by atoms with van der Waals surface area (Å²) in [5, 5.41) is 8.58. The van der Waals surface area contributed by atoms with Crippen LogP contribution in [-0.4, -0.2) is 11.1 Å². The molecule has 0 saturated heterocycles. The maximum atomic E-state index is 13.8. The molecule has 0 atom stereocenters. The average molecular weight is 272 g/mol. The second-order valence-corrected chi connectivity index (χ2v) is 4.23. The van der Waals surface area contributed by atoms with Crippen molar-refractivity contribution >= 4 is 12.0 Å². The molecule has 3 nitrogen and oxygen atoms in total. The van der Waals surface area contributed by atoms with Crippen LogP contribution >= 0.6 is 0 Å². The zero-order valence-corrected chi connectivity index (χ0v) is 10.8. The van der Waals surface area contributed by atoms with Gasteiger partial charge in [0.05, 0.1) is 0 Å². The van der Waals surface area contributed by atoms with Crippen LogP contribution in [-0.2, 0) is 4.79 Å². The van der Waals surface area contributed by atoms with E-state index in [9.17, 15) is 9.18 Å². The van der Waals surface area contributed by atoms with Crippen molar-refractivity contribution in [2.24, 2.45) is 0 Å². The van der Waals surface area contributed by atoms with E-state index in [0.29, 0.717) is 16.9 Å². The molecule has 0 aliphatic rings. The molecular weight excluding hydrogens is 259 g/mol. The number of halogens is 1. The molecule has 0 aromatic heterocycles. The summed E-state index contributed by atoms with van der Waals surface area (Å²) in [6.45, 7) is 1.66. The van der Waals surface area contributed by atoms with Gasteiger partial charge in [-0.05, 0) is 42.3 Å². The fourth-order valence-corrected chi connectivity index (χ4v) is 1.68. The van der Waals surface area contributed by atoms with Gasteiger partial charge < -0.3 is 9.84 Å². The number of ether oxygens (including phenoxy) is 1. The third-order valence-corrected chi connectivity index (χ3v) is 2.66. The first-order valence-corrected chi connectivity index (χ1v) is 6.00. The largest absolute Gasteiger partial charge is 0.478 e. The van der Waals surface area contributed by atoms with Crippen LogP contribution in [0, 0.1) is 12.7 Å². The number of hydrogen-bond donors (Lipinski definition) is 1. The second-order valence-electron chi connectivity index (χ2n) is 4.23. The summed E-state index contributed by atoms with van der Waals surface area (Å²) in [5.74, 6) is -0.841. The molecule has 0 saturated carbocycles. The van der Waals surface area contributed by atoms with Crippen LogP contribution in [0.25, 0.3) is 6.08 Å². The number of carboxylic acids is 1. The van der Waals surface area contributed by atoms with E-state index in [2.05, 4.69) is 0 Å². The van der Waals surface area contributed by atoms with Crippen molar-refractivity contribution in [3.05, 3.63) is 65.5 Å². The van der Waals surface area contributed by atoms with Gasteiger partial charge in [0, 0.05) is 6.08 Å². The predicted molar refractivity (Wildman–Crippen MR) is 74.3 cm³/mol. The molecular formula is C16H13FO3. The van der Waals surface area contributed by atoms with Crippen molar-refractivity contribution in [3.8, 4) is 11.5 Å². The summed E-state index contributed by atoms with van der Waals surface area (Å²) < 4.78 is 19.3. The topological polar surface area (TPSA) is 46.5 Å². The second kappa shape index (κ2) is 6.02. The molecule has 0 amide bonds. The van der Waals surface area contributed by atoms with Crippen LogP contribution in [0.1, 0.15) is 11.1 Å². The zero-order chi connectivity index (χ0) is 14.5. The van der Waals surface area contributed by atoms with E-state index in [1.165, 1.54) is 6.08 Å². The minimum atomic E-state index is -1.03. The van der Waals surface area contributed by atoms with Gasteiger partial charge in [0.1, 0.15) is 5.75 Å². The summed E-state index contributed by atoms with van der Waals surface area (Å²) in [7, 11) is 0. The average Bonchev–Trinajstić information content (AvgIpc) is 2.42. The smallest absolute Gasteiger partial charge is 0.328 e. The minimum Gasteiger partial charge on any atom is -0.478 e. The maximum absolute atomic E-state index is 13.8. The molecule has 2 aromatic rings. The molecule has 0 fully saturated rings. The van der Waals surface area contributed by atoms with E-state index in [4.69, 9.17) is 9.84 Å². The number of rotatable bonds is 4. The van der Waals surface area contributed by atoms with Crippen molar-refractivity contribution in [2.45, 2.75) is 6.92 Å². The molecule has 1 N–H and O–H groups in total. The molecule has 0 heterocycles. The Bertz CT molecular complexity index is 663. The van der Waals surface area contributed by atoms with Gasteiger partial charge in [-0.2, -0.15) is 0 Å². The summed E-state index contributed by atoms with van der Waals surface area (Å²) in [5.41, 5.74) is 1.17. The monoisotopic (exact) mass is 272 g/mol. The fraction of sp³-hybridized carbons (Fsp3) is 0.0625. The van der Waals surface area contributed by atoms with Gasteiger partial charge in [0.15, 0.2) is 11.6 Å². The van der Waals surface area contributed by atoms with Gasteiger partial charge in [0.2, 0.25) is 0 Å². The Morgan fingerprint density at radius 3 is 2.75 bits per heavy atom. The standard InChI is InChI=1S/C16H13FO3/c1-11-4-2-7-14(16(11)17)20-13-6-3-5-12(10-13)8-9-15(18)19/h2-10H,1H3,(H,18,19)/b9-8+. The highest BCUT2D eigenvalue weighted by atomic mass is 19.1. The van der Waals surface area contributed by atoms with Crippen LogP contribution in [0.15, 0.2) is 48.5 Å². The molecule has 102 valence electrons. The molecule has 20 heavy (non-hydrogen) atoms. The van der Waals surface area contributed by atoms with Crippen molar-refractivity contribution in [2.75, 3.05) is 0 Å². The lowest BCUT2D eigenvalue weighted by atomic mass is 10.2. The van der Waals surface area contributed by atoms with E-state index < -0.39 is 11.8 Å². The Morgan fingerprint density at radius 2 is 2.00 bits per heavy atom. The summed E-state index contributed by atoms with van der Waals surface area (Å²) in [6.07, 6.45) is 2.48. The van der Waals surface area contributed by atoms with Crippen LogP contribution < -0.4 is 4.74 Å². The summed E-state index contributed by atoms with van der Waals surface area (Å²) in [4.78, 5) is 10.5. The number of carboxylic acid groups (broad SMARTS) is 1. The molecule has 4 heteroatoms. The van der Waals surface area contributed by atoms with Gasteiger partial charge in [-0.3, -0.25) is 0 Å². The Hall–Kier alpha value is -2.62. The maximum Gasteiger partial charge on any atom is 0.328 e. The first-order valence-electron chi connectivity index (χ1n) is 6.00. The molecule has 2 rings (SSSR count). The molecule has 0 bridgehead atoms. The molecule has 0 aliphatic carbocycles. The van der Waals surface area contributed by atoms with E-state index in [1.807, 2.05) is 0 Å². The number of hydrogen-bond acceptors (Lipinski definition) is 2. The normalized spacial score (nSPS) is 10.7. The first-order chi connectivity index (χ1) is 9.56. The SMILES string of the molecule is Cc1cccc(Oc2cccc(/C=C/C(=O)O)c2)c1F. The lowest BCUT2D eigenvalue weighted by molar-refractivity contribution is -0.131. The zero-order valence-electron chi connectivity index (χ0n) is 10.8. The van der Waals surface area contributed by atoms with Gasteiger partial charge in [-0.1, -0.05) is 24.3 Å². The highest BCUT2D eigenvalue weighted by Crippen LogP contribution is 2.26. The quantitative estimate of drug-likeness (QED) is 0.855. The van der Waals surface area contributed by atoms with E-state index in [0.717, 1.165) is 6.08 Å².